The molecule has 0 bridgehead atoms. The van der Waals surface area contributed by atoms with Crippen LogP contribution in [0.25, 0.3) is 22.2 Å². The first-order valence-electron chi connectivity index (χ1n) is 10.8. The Morgan fingerprint density at radius 1 is 1.03 bits per heavy atom. The SMILES string of the molecule is CCC(CC)(c1ccc(N=Cc2c(O)[nH]c3ncc(-c4ccccc4)cc23)cc1)P(=O)(O)O. The smallest absolute Gasteiger partial charge is 0.335 e. The van der Waals surface area contributed by atoms with Crippen molar-refractivity contribution in [2.45, 2.75) is 31.8 Å². The molecule has 2 heterocycles. The third-order valence-electron chi connectivity index (χ3n) is 6.25. The Hall–Kier alpha value is -3.25. The molecule has 2 aromatic carbocycles. The monoisotopic (exact) mass is 463 g/mol. The Morgan fingerprint density at radius 2 is 1.70 bits per heavy atom. The predicted octanol–water partition coefficient (Wildman–Crippen LogP) is 5.88. The maximum Gasteiger partial charge on any atom is 0.335 e. The Balaban J connectivity index is 1.67. The molecule has 4 N–H and O–H groups in total. The van der Waals surface area contributed by atoms with Crippen LogP contribution in [0, 0.1) is 0 Å². The Kier molecular flexibility index (Phi) is 6.21. The van der Waals surface area contributed by atoms with Crippen molar-refractivity contribution >= 4 is 30.5 Å². The lowest BCUT2D eigenvalue weighted by atomic mass is 9.92. The second-order valence-electron chi connectivity index (χ2n) is 7.96. The van der Waals surface area contributed by atoms with Crippen LogP contribution in [-0.2, 0) is 9.72 Å². The molecule has 0 saturated carbocycles. The lowest BCUT2D eigenvalue weighted by molar-refractivity contribution is 0.315. The number of hydrogen-bond acceptors (Lipinski definition) is 4. The van der Waals surface area contributed by atoms with Gasteiger partial charge >= 0.3 is 7.60 Å². The number of fused-ring (bicyclic) bond motifs is 1. The number of nitrogens with zero attached hydrogens (tertiary/aromatic N) is 2. The molecule has 0 amide bonds. The number of pyridine rings is 1. The zero-order valence-electron chi connectivity index (χ0n) is 18.4. The van der Waals surface area contributed by atoms with Crippen LogP contribution < -0.4 is 0 Å². The first-order valence-corrected chi connectivity index (χ1v) is 12.4. The first-order chi connectivity index (χ1) is 15.8. The molecule has 0 aliphatic carbocycles. The van der Waals surface area contributed by atoms with E-state index in [9.17, 15) is 19.5 Å². The lowest BCUT2D eigenvalue weighted by Crippen LogP contribution is -2.24. The molecule has 0 atom stereocenters. The van der Waals surface area contributed by atoms with Crippen molar-refractivity contribution in [2.24, 2.45) is 4.99 Å². The third kappa shape index (κ3) is 4.23. The molecule has 8 heteroatoms. The summed E-state index contributed by atoms with van der Waals surface area (Å²) >= 11 is 0. The van der Waals surface area contributed by atoms with E-state index >= 15 is 0 Å². The van der Waals surface area contributed by atoms with E-state index < -0.39 is 12.8 Å². The quantitative estimate of drug-likeness (QED) is 0.202. The molecule has 0 aliphatic heterocycles. The number of rotatable bonds is 7. The van der Waals surface area contributed by atoms with Gasteiger partial charge < -0.3 is 19.9 Å². The van der Waals surface area contributed by atoms with E-state index in [0.717, 1.165) is 16.5 Å². The molecule has 0 saturated heterocycles. The van der Waals surface area contributed by atoms with Crippen molar-refractivity contribution in [1.29, 1.82) is 0 Å². The number of H-pyrrole nitrogens is 1. The highest BCUT2D eigenvalue weighted by molar-refractivity contribution is 7.53. The molecular weight excluding hydrogens is 437 g/mol. The largest absolute Gasteiger partial charge is 0.494 e. The molecule has 0 spiro atoms. The highest BCUT2D eigenvalue weighted by Gasteiger charge is 2.45. The summed E-state index contributed by atoms with van der Waals surface area (Å²) in [5.41, 5.74) is 4.21. The van der Waals surface area contributed by atoms with E-state index in [1.165, 1.54) is 0 Å². The molecule has 33 heavy (non-hydrogen) atoms. The summed E-state index contributed by atoms with van der Waals surface area (Å²) < 4.78 is 12.2. The minimum absolute atomic E-state index is 0.0273. The minimum atomic E-state index is -4.35. The van der Waals surface area contributed by atoms with Crippen molar-refractivity contribution in [3.8, 4) is 17.0 Å². The number of hydrogen-bond donors (Lipinski definition) is 4. The van der Waals surface area contributed by atoms with Crippen molar-refractivity contribution in [3.05, 3.63) is 78.0 Å². The lowest BCUT2D eigenvalue weighted by Gasteiger charge is -2.32. The van der Waals surface area contributed by atoms with Crippen molar-refractivity contribution in [3.63, 3.8) is 0 Å². The summed E-state index contributed by atoms with van der Waals surface area (Å²) in [4.78, 5) is 31.7. The van der Waals surface area contributed by atoms with Gasteiger partial charge in [-0.05, 0) is 42.2 Å². The molecule has 7 nitrogen and oxygen atoms in total. The third-order valence-corrected chi connectivity index (χ3v) is 8.26. The number of benzene rings is 2. The van der Waals surface area contributed by atoms with Crippen LogP contribution in [0.1, 0.15) is 37.8 Å². The second-order valence-corrected chi connectivity index (χ2v) is 9.91. The minimum Gasteiger partial charge on any atom is -0.494 e. The Morgan fingerprint density at radius 3 is 2.30 bits per heavy atom. The summed E-state index contributed by atoms with van der Waals surface area (Å²) in [5, 5.41) is 9.94. The van der Waals surface area contributed by atoms with Crippen LogP contribution in [0.4, 0.5) is 5.69 Å². The second kappa shape index (κ2) is 8.94. The van der Waals surface area contributed by atoms with Crippen LogP contribution in [-0.4, -0.2) is 31.1 Å². The molecule has 4 rings (SSSR count). The summed E-state index contributed by atoms with van der Waals surface area (Å²) in [6.45, 7) is 3.57. The Labute approximate surface area is 192 Å². The van der Waals surface area contributed by atoms with E-state index in [-0.39, 0.29) is 5.88 Å². The molecule has 0 unspecified atom stereocenters. The zero-order valence-corrected chi connectivity index (χ0v) is 19.3. The molecule has 170 valence electrons. The van der Waals surface area contributed by atoms with Gasteiger partial charge in [-0.3, -0.25) is 9.56 Å². The van der Waals surface area contributed by atoms with Gasteiger partial charge in [0.15, 0.2) is 5.88 Å². The van der Waals surface area contributed by atoms with Gasteiger partial charge in [0, 0.05) is 23.4 Å². The van der Waals surface area contributed by atoms with Crippen molar-refractivity contribution < 1.29 is 19.5 Å². The number of aromatic amines is 1. The highest BCUT2D eigenvalue weighted by atomic mass is 31.2. The molecule has 0 aliphatic rings. The van der Waals surface area contributed by atoms with Gasteiger partial charge in [-0.25, -0.2) is 4.98 Å². The summed E-state index contributed by atoms with van der Waals surface area (Å²) in [6, 6.07) is 18.7. The fourth-order valence-corrected chi connectivity index (χ4v) is 5.54. The van der Waals surface area contributed by atoms with Crippen LogP contribution in [0.5, 0.6) is 5.88 Å². The fourth-order valence-electron chi connectivity index (χ4n) is 4.23. The number of nitrogens with one attached hydrogen (secondary N) is 1. The predicted molar refractivity (Wildman–Crippen MR) is 131 cm³/mol. The Bertz CT molecular complexity index is 1340. The normalized spacial score (nSPS) is 12.6. The van der Waals surface area contributed by atoms with Crippen LogP contribution in [0.2, 0.25) is 0 Å². The first kappa shape index (κ1) is 22.9. The van der Waals surface area contributed by atoms with E-state index in [1.54, 1.807) is 50.5 Å². The maximum absolute atomic E-state index is 12.2. The van der Waals surface area contributed by atoms with Gasteiger partial charge in [-0.15, -0.1) is 0 Å². The van der Waals surface area contributed by atoms with Gasteiger partial charge in [0.25, 0.3) is 0 Å². The average Bonchev–Trinajstić information content (AvgIpc) is 3.13. The maximum atomic E-state index is 12.2. The zero-order chi connectivity index (χ0) is 23.6. The summed E-state index contributed by atoms with van der Waals surface area (Å²) in [6.07, 6.45) is 3.98. The van der Waals surface area contributed by atoms with Gasteiger partial charge in [0.1, 0.15) is 5.65 Å². The molecule has 4 aromatic rings. The van der Waals surface area contributed by atoms with Gasteiger partial charge in [-0.1, -0.05) is 56.3 Å². The van der Waals surface area contributed by atoms with Crippen molar-refractivity contribution in [2.75, 3.05) is 0 Å². The number of aromatic nitrogens is 2. The molecule has 2 aromatic heterocycles. The topological polar surface area (TPSA) is 119 Å². The van der Waals surface area contributed by atoms with E-state index in [1.807, 2.05) is 36.4 Å². The van der Waals surface area contributed by atoms with Crippen LogP contribution in [0.15, 0.2) is 71.9 Å². The molecule has 0 fully saturated rings. The van der Waals surface area contributed by atoms with Gasteiger partial charge in [0.05, 0.1) is 16.4 Å². The van der Waals surface area contributed by atoms with E-state index in [0.29, 0.717) is 35.3 Å². The van der Waals surface area contributed by atoms with Gasteiger partial charge in [0.2, 0.25) is 0 Å². The van der Waals surface area contributed by atoms with Crippen molar-refractivity contribution in [1.82, 2.24) is 9.97 Å². The number of aliphatic imine (C=N–C) groups is 1. The summed E-state index contributed by atoms with van der Waals surface area (Å²) in [5.74, 6) is -0.0273. The standard InChI is InChI=1S/C25H26N3O4P/c1-3-25(4-2,33(30,31)32)19-10-12-20(13-11-19)26-16-22-21-14-18(17-8-6-5-7-9-17)15-27-23(21)28-24(22)29/h5-16,29H,3-4H2,1-2H3,(H,27,28)(H2,30,31,32). The summed E-state index contributed by atoms with van der Waals surface area (Å²) in [7, 11) is -4.35. The average molecular weight is 463 g/mol. The van der Waals surface area contributed by atoms with Crippen LogP contribution in [0.3, 0.4) is 0 Å². The molecular formula is C25H26N3O4P. The number of aromatic hydroxyl groups is 1. The van der Waals surface area contributed by atoms with E-state index in [4.69, 9.17) is 0 Å². The van der Waals surface area contributed by atoms with Gasteiger partial charge in [-0.2, -0.15) is 0 Å². The van der Waals surface area contributed by atoms with Crippen LogP contribution >= 0.6 is 7.60 Å². The highest BCUT2D eigenvalue weighted by Crippen LogP contribution is 2.60. The molecule has 0 radical (unpaired) electrons. The van der Waals surface area contributed by atoms with E-state index in [2.05, 4.69) is 15.0 Å². The fraction of sp³-hybridized carbons (Fsp3) is 0.200.